The van der Waals surface area contributed by atoms with E-state index in [0.29, 0.717) is 16.6 Å². The Hall–Kier alpha value is -3.55. The van der Waals surface area contributed by atoms with Gasteiger partial charge in [-0.3, -0.25) is 0 Å². The number of nitrogens with zero attached hydrogens (tertiary/aromatic N) is 3. The summed E-state index contributed by atoms with van der Waals surface area (Å²) in [5.74, 6) is 0.113. The number of benzene rings is 3. The molecule has 2 aromatic heterocycles. The highest BCUT2D eigenvalue weighted by Crippen LogP contribution is 2.36. The van der Waals surface area contributed by atoms with Gasteiger partial charge < -0.3 is 19.5 Å². The van der Waals surface area contributed by atoms with Crippen molar-refractivity contribution < 1.29 is 13.5 Å². The van der Waals surface area contributed by atoms with E-state index in [4.69, 9.17) is 38.1 Å². The van der Waals surface area contributed by atoms with Gasteiger partial charge in [0.05, 0.1) is 11.4 Å². The summed E-state index contributed by atoms with van der Waals surface area (Å²) in [4.78, 5) is 0. The van der Waals surface area contributed by atoms with Gasteiger partial charge in [-0.2, -0.15) is 0 Å². The average Bonchev–Trinajstić information content (AvgIpc) is 3.37. The number of anilines is 1. The van der Waals surface area contributed by atoms with E-state index in [9.17, 15) is 0 Å². The van der Waals surface area contributed by atoms with Crippen molar-refractivity contribution in [2.75, 3.05) is 5.73 Å². The van der Waals surface area contributed by atoms with Crippen LogP contribution in [0.2, 0.25) is 10.0 Å². The molecule has 0 amide bonds. The van der Waals surface area contributed by atoms with Crippen molar-refractivity contribution in [2.45, 2.75) is 6.42 Å². The maximum absolute atomic E-state index is 15.3. The molecule has 0 aliphatic rings. The molecule has 0 unspecified atom stereocenters. The molecule has 0 bridgehead atoms. The number of aromatic nitrogens is 3. The molecule has 0 saturated heterocycles. The van der Waals surface area contributed by atoms with Gasteiger partial charge in [-0.1, -0.05) is 47.5 Å². The van der Waals surface area contributed by atoms with Crippen molar-refractivity contribution in [1.29, 1.82) is 0 Å². The summed E-state index contributed by atoms with van der Waals surface area (Å²) in [5.41, 5.74) is 8.27. The quantitative estimate of drug-likeness (QED) is 0.284. The van der Waals surface area contributed by atoms with Crippen LogP contribution in [-0.2, 0) is 13.5 Å². The van der Waals surface area contributed by atoms with Gasteiger partial charge in [0, 0.05) is 40.3 Å². The van der Waals surface area contributed by atoms with Crippen LogP contribution in [0.15, 0.2) is 65.1 Å². The number of halogens is 3. The molecule has 0 aliphatic heterocycles. The molecule has 9 heteroatoms. The Bertz CT molecular complexity index is 1480. The number of ether oxygens (including phenoxy) is 1. The predicted octanol–water partition coefficient (Wildman–Crippen LogP) is 6.64. The van der Waals surface area contributed by atoms with Gasteiger partial charge in [0.2, 0.25) is 5.89 Å². The molecule has 0 saturated carbocycles. The molecule has 6 nitrogen and oxygen atoms in total. The van der Waals surface area contributed by atoms with E-state index in [1.54, 1.807) is 18.2 Å². The van der Waals surface area contributed by atoms with E-state index < -0.39 is 5.82 Å². The van der Waals surface area contributed by atoms with Gasteiger partial charge in [0.1, 0.15) is 11.4 Å². The van der Waals surface area contributed by atoms with Crippen molar-refractivity contribution in [1.82, 2.24) is 14.8 Å². The molecule has 0 aliphatic carbocycles. The lowest BCUT2D eigenvalue weighted by Gasteiger charge is -2.12. The zero-order chi connectivity index (χ0) is 23.1. The lowest BCUT2D eigenvalue weighted by molar-refractivity contribution is 0.437. The number of nitrogen functional groups attached to an aromatic ring is 1. The number of hydrogen-bond acceptors (Lipinski definition) is 5. The van der Waals surface area contributed by atoms with Crippen LogP contribution in [0.4, 0.5) is 10.1 Å². The third-order valence-corrected chi connectivity index (χ3v) is 5.74. The molecule has 2 heterocycles. The monoisotopic (exact) mass is 482 g/mol. The van der Waals surface area contributed by atoms with Gasteiger partial charge >= 0.3 is 0 Å². The molecule has 0 radical (unpaired) electrons. The number of para-hydroxylation sites is 1. The smallest absolute Gasteiger partial charge is 0.264 e. The lowest BCUT2D eigenvalue weighted by Crippen LogP contribution is -1.98. The van der Waals surface area contributed by atoms with E-state index in [-0.39, 0.29) is 34.4 Å². The summed E-state index contributed by atoms with van der Waals surface area (Å²) in [7, 11) is 1.92. The summed E-state index contributed by atoms with van der Waals surface area (Å²) in [5, 5.41) is 9.78. The minimum Gasteiger partial charge on any atom is -0.453 e. The van der Waals surface area contributed by atoms with Crippen molar-refractivity contribution in [3.63, 3.8) is 0 Å². The van der Waals surface area contributed by atoms with E-state index in [2.05, 4.69) is 10.2 Å². The second-order valence-electron chi connectivity index (χ2n) is 7.50. The molecule has 2 N–H and O–H groups in total. The molecule has 0 spiro atoms. The fourth-order valence-electron chi connectivity index (χ4n) is 3.65. The summed E-state index contributed by atoms with van der Waals surface area (Å²) < 4.78 is 28.7. The molecule has 0 atom stereocenters. The largest absolute Gasteiger partial charge is 0.453 e. The Morgan fingerprint density at radius 2 is 1.88 bits per heavy atom. The summed E-state index contributed by atoms with van der Waals surface area (Å²) in [6.45, 7) is 0. The maximum atomic E-state index is 15.3. The first kappa shape index (κ1) is 21.3. The SMILES string of the molecule is Cn1c(-c2nnc(Cc3ccc(Cl)c(Oc4cc(N)cc(Cl)c4)c3F)o2)cc2ccccc21. The highest BCUT2D eigenvalue weighted by Gasteiger charge is 2.19. The Morgan fingerprint density at radius 3 is 2.67 bits per heavy atom. The summed E-state index contributed by atoms with van der Waals surface area (Å²) in [6, 6.07) is 17.6. The predicted molar refractivity (Wildman–Crippen MR) is 126 cm³/mol. The van der Waals surface area contributed by atoms with Gasteiger partial charge in [0.15, 0.2) is 11.6 Å². The number of hydrogen-bond donors (Lipinski definition) is 1. The Balaban J connectivity index is 1.44. The van der Waals surface area contributed by atoms with Crippen LogP contribution in [0.1, 0.15) is 11.5 Å². The molecule has 3 aromatic carbocycles. The molecule has 5 rings (SSSR count). The molecule has 166 valence electrons. The first-order valence-corrected chi connectivity index (χ1v) is 10.7. The Labute approximate surface area is 198 Å². The zero-order valence-corrected chi connectivity index (χ0v) is 18.9. The van der Waals surface area contributed by atoms with Gasteiger partial charge in [-0.15, -0.1) is 10.2 Å². The second kappa shape index (κ2) is 8.42. The summed E-state index contributed by atoms with van der Waals surface area (Å²) in [6.07, 6.45) is 0.0635. The van der Waals surface area contributed by atoms with Crippen LogP contribution in [0.3, 0.4) is 0 Å². The van der Waals surface area contributed by atoms with Crippen LogP contribution < -0.4 is 10.5 Å². The van der Waals surface area contributed by atoms with Crippen LogP contribution in [0, 0.1) is 5.82 Å². The number of fused-ring (bicyclic) bond motifs is 1. The van der Waals surface area contributed by atoms with Crippen molar-refractivity contribution in [3.8, 4) is 23.1 Å². The number of rotatable bonds is 5. The molecular weight excluding hydrogens is 466 g/mol. The van der Waals surface area contributed by atoms with Gasteiger partial charge in [-0.25, -0.2) is 4.39 Å². The first-order chi connectivity index (χ1) is 15.9. The normalized spacial score (nSPS) is 11.3. The van der Waals surface area contributed by atoms with E-state index in [1.807, 2.05) is 41.9 Å². The highest BCUT2D eigenvalue weighted by molar-refractivity contribution is 6.32. The topological polar surface area (TPSA) is 79.1 Å². The molecular formula is C24H17Cl2FN4O2. The molecule has 5 aromatic rings. The minimum atomic E-state index is -0.634. The van der Waals surface area contributed by atoms with Gasteiger partial charge in [-0.05, 0) is 30.3 Å². The third-order valence-electron chi connectivity index (χ3n) is 5.22. The fraction of sp³-hybridized carbons (Fsp3) is 0.0833. The standard InChI is InChI=1S/C24H17Cl2FN4O2/c1-31-19-5-3-2-4-13(19)8-20(31)24-30-29-21(33-24)9-14-6-7-18(26)23(22(14)27)32-17-11-15(25)10-16(28)12-17/h2-8,10-12H,9,28H2,1H3. The van der Waals surface area contributed by atoms with Crippen LogP contribution in [-0.4, -0.2) is 14.8 Å². The Morgan fingerprint density at radius 1 is 1.06 bits per heavy atom. The highest BCUT2D eigenvalue weighted by atomic mass is 35.5. The second-order valence-corrected chi connectivity index (χ2v) is 8.34. The Kier molecular flexibility index (Phi) is 5.44. The number of nitrogens with two attached hydrogens (primary N) is 1. The number of aryl methyl sites for hydroxylation is 1. The van der Waals surface area contributed by atoms with Crippen LogP contribution in [0.25, 0.3) is 22.5 Å². The van der Waals surface area contributed by atoms with E-state index >= 15 is 4.39 Å². The molecule has 0 fully saturated rings. The maximum Gasteiger partial charge on any atom is 0.264 e. The van der Waals surface area contributed by atoms with Crippen molar-refractivity contribution in [3.05, 3.63) is 88.0 Å². The first-order valence-electron chi connectivity index (χ1n) is 9.97. The van der Waals surface area contributed by atoms with Gasteiger partial charge in [0.25, 0.3) is 5.89 Å². The zero-order valence-electron chi connectivity index (χ0n) is 17.3. The van der Waals surface area contributed by atoms with E-state index in [0.717, 1.165) is 16.6 Å². The minimum absolute atomic E-state index is 0.0635. The van der Waals surface area contributed by atoms with Crippen molar-refractivity contribution in [2.24, 2.45) is 7.05 Å². The van der Waals surface area contributed by atoms with Crippen LogP contribution >= 0.6 is 23.2 Å². The summed E-state index contributed by atoms with van der Waals surface area (Å²) >= 11 is 12.2. The average molecular weight is 483 g/mol. The fourth-order valence-corrected chi connectivity index (χ4v) is 4.07. The lowest BCUT2D eigenvalue weighted by atomic mass is 10.1. The van der Waals surface area contributed by atoms with E-state index in [1.165, 1.54) is 12.1 Å². The van der Waals surface area contributed by atoms with Crippen molar-refractivity contribution >= 4 is 39.8 Å². The molecule has 33 heavy (non-hydrogen) atoms. The third kappa shape index (κ3) is 4.13. The van der Waals surface area contributed by atoms with Crippen LogP contribution in [0.5, 0.6) is 11.5 Å².